The van der Waals surface area contributed by atoms with Crippen molar-refractivity contribution in [1.82, 2.24) is 4.37 Å². The van der Waals surface area contributed by atoms with Crippen LogP contribution in [0.2, 0.25) is 0 Å². The first-order valence-electron chi connectivity index (χ1n) is 1.87. The molecule has 1 aromatic rings. The third kappa shape index (κ3) is 1.17. The second-order valence-electron chi connectivity index (χ2n) is 1.06. The van der Waals surface area contributed by atoms with Gasteiger partial charge in [0.25, 0.3) is 0 Å². The maximum Gasteiger partial charge on any atom is 0.0542 e. The van der Waals surface area contributed by atoms with Crippen molar-refractivity contribution in [3.05, 3.63) is 11.6 Å². The van der Waals surface area contributed by atoms with Gasteiger partial charge in [-0.25, -0.2) is 0 Å². The molecule has 0 aliphatic carbocycles. The van der Waals surface area contributed by atoms with Gasteiger partial charge >= 0.3 is 0 Å². The molecule has 0 unspecified atom stereocenters. The Kier molecular flexibility index (Phi) is 1.70. The first-order chi connectivity index (χ1) is 3.43. The third-order valence-corrected chi connectivity index (χ3v) is 2.08. The van der Waals surface area contributed by atoms with E-state index in [0.717, 1.165) is 0 Å². The molecule has 0 fully saturated rings. The second kappa shape index (κ2) is 2.33. The van der Waals surface area contributed by atoms with Crippen LogP contribution in [-0.4, -0.2) is 10.6 Å². The topological polar surface area (TPSA) is 12.9 Å². The molecule has 0 aliphatic heterocycles. The van der Waals surface area contributed by atoms with Gasteiger partial charge in [-0.3, -0.25) is 0 Å². The lowest BCUT2D eigenvalue weighted by Gasteiger charge is -1.77. The molecular weight excluding hydrogens is 126 g/mol. The van der Waals surface area contributed by atoms with Crippen molar-refractivity contribution >= 4 is 23.3 Å². The summed E-state index contributed by atoms with van der Waals surface area (Å²) in [5.74, 6) is 0. The summed E-state index contributed by atoms with van der Waals surface area (Å²) in [6, 6.07) is 0. The van der Waals surface area contributed by atoms with E-state index in [0.29, 0.717) is 0 Å². The molecule has 0 aliphatic rings. The minimum atomic E-state index is 1.25. The average molecular weight is 131 g/mol. The van der Waals surface area contributed by atoms with Gasteiger partial charge in [0.15, 0.2) is 0 Å². The minimum Gasteiger partial charge on any atom is -0.200 e. The largest absolute Gasteiger partial charge is 0.200 e. The molecule has 1 heterocycles. The Hall–Kier alpha value is -0.0200. The predicted octanol–water partition coefficient (Wildman–Crippen LogP) is 1.86. The molecule has 0 N–H and O–H groups in total. The SMILES string of the molecule is CSc1cnsc1. The second-order valence-corrected chi connectivity index (χ2v) is 2.60. The zero-order valence-corrected chi connectivity index (χ0v) is 5.55. The lowest BCUT2D eigenvalue weighted by atomic mass is 10.8. The molecule has 7 heavy (non-hydrogen) atoms. The highest BCUT2D eigenvalue weighted by molar-refractivity contribution is 7.98. The van der Waals surface area contributed by atoms with Crippen molar-refractivity contribution in [2.75, 3.05) is 6.26 Å². The zero-order valence-electron chi connectivity index (χ0n) is 3.92. The van der Waals surface area contributed by atoms with E-state index in [4.69, 9.17) is 0 Å². The van der Waals surface area contributed by atoms with Gasteiger partial charge in [-0.1, -0.05) is 0 Å². The third-order valence-electron chi connectivity index (χ3n) is 0.645. The van der Waals surface area contributed by atoms with Gasteiger partial charge in [0.1, 0.15) is 0 Å². The summed E-state index contributed by atoms with van der Waals surface area (Å²) >= 11 is 3.22. The fourth-order valence-corrected chi connectivity index (χ4v) is 1.43. The van der Waals surface area contributed by atoms with Crippen LogP contribution in [0.25, 0.3) is 0 Å². The summed E-state index contributed by atoms with van der Waals surface area (Å²) < 4.78 is 3.91. The highest BCUT2D eigenvalue weighted by atomic mass is 32.2. The molecule has 3 heteroatoms. The predicted molar refractivity (Wildman–Crippen MR) is 33.9 cm³/mol. The molecule has 0 radical (unpaired) electrons. The molecule has 0 saturated carbocycles. The summed E-state index contributed by atoms with van der Waals surface area (Å²) in [6.45, 7) is 0. The number of aromatic nitrogens is 1. The van der Waals surface area contributed by atoms with Crippen molar-refractivity contribution in [2.24, 2.45) is 0 Å². The van der Waals surface area contributed by atoms with E-state index in [1.807, 2.05) is 17.8 Å². The van der Waals surface area contributed by atoms with E-state index < -0.39 is 0 Å². The normalized spacial score (nSPS) is 9.29. The molecule has 38 valence electrons. The number of thioether (sulfide) groups is 1. The van der Waals surface area contributed by atoms with Gasteiger partial charge in [-0.05, 0) is 17.8 Å². The summed E-state index contributed by atoms with van der Waals surface area (Å²) in [7, 11) is 0. The van der Waals surface area contributed by atoms with Crippen molar-refractivity contribution in [3.8, 4) is 0 Å². The Morgan fingerprint density at radius 3 is 3.00 bits per heavy atom. The van der Waals surface area contributed by atoms with E-state index >= 15 is 0 Å². The molecular formula is C4H5NS2. The van der Waals surface area contributed by atoms with Crippen LogP contribution in [0.4, 0.5) is 0 Å². The average Bonchev–Trinajstić information content (AvgIpc) is 2.14. The van der Waals surface area contributed by atoms with Gasteiger partial charge in [0.2, 0.25) is 0 Å². The number of hydrogen-bond acceptors (Lipinski definition) is 3. The Labute approximate surface area is 50.9 Å². The van der Waals surface area contributed by atoms with Gasteiger partial charge in [0, 0.05) is 10.3 Å². The Bertz CT molecular complexity index is 124. The van der Waals surface area contributed by atoms with E-state index in [1.54, 1.807) is 11.8 Å². The molecule has 0 amide bonds. The van der Waals surface area contributed by atoms with E-state index in [9.17, 15) is 0 Å². The fraction of sp³-hybridized carbons (Fsp3) is 0.250. The number of nitrogens with zero attached hydrogens (tertiary/aromatic N) is 1. The molecule has 0 aromatic carbocycles. The van der Waals surface area contributed by atoms with E-state index in [-0.39, 0.29) is 0 Å². The number of rotatable bonds is 1. The standard InChI is InChI=1S/C4H5NS2/c1-6-4-2-5-7-3-4/h2-3H,1H3. The highest BCUT2D eigenvalue weighted by Gasteiger charge is 1.84. The lowest BCUT2D eigenvalue weighted by Crippen LogP contribution is -1.52. The van der Waals surface area contributed by atoms with Crippen molar-refractivity contribution in [3.63, 3.8) is 0 Å². The van der Waals surface area contributed by atoms with Crippen molar-refractivity contribution in [1.29, 1.82) is 0 Å². The molecule has 0 atom stereocenters. The van der Waals surface area contributed by atoms with Crippen molar-refractivity contribution in [2.45, 2.75) is 4.90 Å². The summed E-state index contributed by atoms with van der Waals surface area (Å²) in [5.41, 5.74) is 0. The summed E-state index contributed by atoms with van der Waals surface area (Å²) in [6.07, 6.45) is 3.92. The van der Waals surface area contributed by atoms with Gasteiger partial charge in [0.05, 0.1) is 6.20 Å². The number of hydrogen-bond donors (Lipinski definition) is 0. The first kappa shape index (κ1) is 5.12. The molecule has 1 rings (SSSR count). The lowest BCUT2D eigenvalue weighted by molar-refractivity contribution is 1.45. The quantitative estimate of drug-likeness (QED) is 0.540. The highest BCUT2D eigenvalue weighted by Crippen LogP contribution is 2.13. The molecule has 0 spiro atoms. The molecule has 0 saturated heterocycles. The fourth-order valence-electron chi connectivity index (χ4n) is 0.296. The monoisotopic (exact) mass is 131 g/mol. The molecule has 0 bridgehead atoms. The van der Waals surface area contributed by atoms with E-state index in [1.165, 1.54) is 16.4 Å². The van der Waals surface area contributed by atoms with Crippen LogP contribution in [0.15, 0.2) is 16.5 Å². The Morgan fingerprint density at radius 1 is 1.86 bits per heavy atom. The van der Waals surface area contributed by atoms with E-state index in [2.05, 4.69) is 4.37 Å². The van der Waals surface area contributed by atoms with Crippen LogP contribution in [0.3, 0.4) is 0 Å². The van der Waals surface area contributed by atoms with Crippen LogP contribution in [0.1, 0.15) is 0 Å². The molecule has 1 nitrogen and oxygen atoms in total. The molecule has 1 aromatic heterocycles. The van der Waals surface area contributed by atoms with Gasteiger partial charge in [-0.2, -0.15) is 4.37 Å². The van der Waals surface area contributed by atoms with Crippen LogP contribution in [-0.2, 0) is 0 Å². The van der Waals surface area contributed by atoms with Crippen molar-refractivity contribution < 1.29 is 0 Å². The first-order valence-corrected chi connectivity index (χ1v) is 3.93. The van der Waals surface area contributed by atoms with Gasteiger partial charge < -0.3 is 0 Å². The smallest absolute Gasteiger partial charge is 0.0542 e. The maximum absolute atomic E-state index is 3.91. The summed E-state index contributed by atoms with van der Waals surface area (Å²) in [5, 5.41) is 2.03. The van der Waals surface area contributed by atoms with Crippen LogP contribution < -0.4 is 0 Å². The van der Waals surface area contributed by atoms with Crippen LogP contribution in [0.5, 0.6) is 0 Å². The zero-order chi connectivity index (χ0) is 5.11. The van der Waals surface area contributed by atoms with Crippen LogP contribution in [0, 0.1) is 0 Å². The van der Waals surface area contributed by atoms with Crippen LogP contribution >= 0.6 is 23.3 Å². The Balaban J connectivity index is 2.76. The maximum atomic E-state index is 3.91. The Morgan fingerprint density at radius 2 is 2.71 bits per heavy atom. The van der Waals surface area contributed by atoms with Gasteiger partial charge in [-0.15, -0.1) is 11.8 Å². The summed E-state index contributed by atoms with van der Waals surface area (Å²) in [4.78, 5) is 1.25. The minimum absolute atomic E-state index is 1.25.